The van der Waals surface area contributed by atoms with Gasteiger partial charge in [-0.2, -0.15) is 0 Å². The van der Waals surface area contributed by atoms with Crippen LogP contribution in [0.4, 0.5) is 5.69 Å². The molecule has 0 aliphatic heterocycles. The van der Waals surface area contributed by atoms with Gasteiger partial charge >= 0.3 is 5.97 Å². The van der Waals surface area contributed by atoms with E-state index in [-0.39, 0.29) is 10.6 Å². The predicted octanol–water partition coefficient (Wildman–Crippen LogP) is 4.11. The Morgan fingerprint density at radius 1 is 1.15 bits per heavy atom. The van der Waals surface area contributed by atoms with E-state index in [1.54, 1.807) is 6.07 Å². The molecule has 0 fully saturated rings. The Kier molecular flexibility index (Phi) is 7.49. The molecular formula is C20H22ClNO5. The summed E-state index contributed by atoms with van der Waals surface area (Å²) in [4.78, 5) is 24.3. The van der Waals surface area contributed by atoms with E-state index in [2.05, 4.69) is 5.32 Å². The summed E-state index contributed by atoms with van der Waals surface area (Å²) in [6.45, 7) is 3.80. The maximum Gasteiger partial charge on any atom is 0.338 e. The van der Waals surface area contributed by atoms with Crippen LogP contribution in [0.25, 0.3) is 0 Å². The molecule has 0 spiro atoms. The molecule has 0 saturated carbocycles. The third-order valence-corrected chi connectivity index (χ3v) is 4.04. The number of esters is 1. The molecule has 144 valence electrons. The highest BCUT2D eigenvalue weighted by Gasteiger charge is 2.17. The van der Waals surface area contributed by atoms with Crippen LogP contribution in [-0.4, -0.2) is 32.2 Å². The lowest BCUT2D eigenvalue weighted by atomic mass is 10.1. The van der Waals surface area contributed by atoms with Crippen molar-refractivity contribution in [1.29, 1.82) is 0 Å². The zero-order valence-corrected chi connectivity index (χ0v) is 16.3. The van der Waals surface area contributed by atoms with Crippen LogP contribution in [0.1, 0.15) is 29.8 Å². The van der Waals surface area contributed by atoms with Crippen molar-refractivity contribution >= 4 is 29.2 Å². The summed E-state index contributed by atoms with van der Waals surface area (Å²) < 4.78 is 15.7. The Balaban J connectivity index is 2.03. The highest BCUT2D eigenvalue weighted by Crippen LogP contribution is 2.36. The topological polar surface area (TPSA) is 73.9 Å². The summed E-state index contributed by atoms with van der Waals surface area (Å²) in [5, 5.41) is 2.97. The van der Waals surface area contributed by atoms with Crippen molar-refractivity contribution in [2.75, 3.05) is 25.6 Å². The number of carbonyl (C=O) groups is 2. The normalized spacial score (nSPS) is 10.2. The van der Waals surface area contributed by atoms with Gasteiger partial charge in [0.1, 0.15) is 0 Å². The molecule has 0 unspecified atom stereocenters. The lowest BCUT2D eigenvalue weighted by molar-refractivity contribution is -0.119. The fraction of sp³-hybridized carbons (Fsp3) is 0.300. The Hall–Kier alpha value is -2.73. The second kappa shape index (κ2) is 9.83. The van der Waals surface area contributed by atoms with Gasteiger partial charge in [-0.1, -0.05) is 36.7 Å². The van der Waals surface area contributed by atoms with Gasteiger partial charge in [0, 0.05) is 5.69 Å². The molecule has 2 rings (SSSR count). The molecule has 27 heavy (non-hydrogen) atoms. The highest BCUT2D eigenvalue weighted by molar-refractivity contribution is 6.32. The van der Waals surface area contributed by atoms with Crippen LogP contribution in [-0.2, 0) is 16.0 Å². The van der Waals surface area contributed by atoms with Crippen LogP contribution in [0.5, 0.6) is 11.5 Å². The molecule has 0 bridgehead atoms. The summed E-state index contributed by atoms with van der Waals surface area (Å²) in [6, 6.07) is 10.3. The van der Waals surface area contributed by atoms with Crippen LogP contribution in [0.15, 0.2) is 36.4 Å². The van der Waals surface area contributed by atoms with Gasteiger partial charge in [-0.05, 0) is 37.1 Å². The van der Waals surface area contributed by atoms with E-state index >= 15 is 0 Å². The first-order valence-corrected chi connectivity index (χ1v) is 8.93. The molecule has 0 aliphatic rings. The maximum atomic E-state index is 12.3. The minimum Gasteiger partial charge on any atom is -0.493 e. The average Bonchev–Trinajstić information content (AvgIpc) is 2.67. The Morgan fingerprint density at radius 3 is 2.56 bits per heavy atom. The lowest BCUT2D eigenvalue weighted by Crippen LogP contribution is -2.21. The van der Waals surface area contributed by atoms with Crippen molar-refractivity contribution in [3.8, 4) is 11.5 Å². The van der Waals surface area contributed by atoms with E-state index in [4.69, 9.17) is 25.8 Å². The van der Waals surface area contributed by atoms with Gasteiger partial charge in [-0.3, -0.25) is 4.79 Å². The number of methoxy groups -OCH3 is 1. The van der Waals surface area contributed by atoms with Crippen molar-refractivity contribution in [1.82, 2.24) is 0 Å². The first kappa shape index (κ1) is 20.6. The number of ether oxygens (including phenoxy) is 3. The number of benzene rings is 2. The number of carbonyl (C=O) groups excluding carboxylic acids is 2. The molecule has 0 heterocycles. The van der Waals surface area contributed by atoms with E-state index in [1.807, 2.05) is 32.0 Å². The summed E-state index contributed by atoms with van der Waals surface area (Å²) in [5.74, 6) is -0.435. The standard InChI is InChI=1S/C20H22ClNO5/c1-4-13-8-6-7-9-16(13)22-18(23)12-27-20(24)14-10-15(21)19(26-5-2)17(11-14)25-3/h6-11H,4-5,12H2,1-3H3,(H,22,23). The number of nitrogens with one attached hydrogen (secondary N) is 1. The zero-order chi connectivity index (χ0) is 19.8. The van der Waals surface area contributed by atoms with Gasteiger partial charge in [0.15, 0.2) is 18.1 Å². The molecule has 1 amide bonds. The SMILES string of the molecule is CCOc1c(Cl)cc(C(=O)OCC(=O)Nc2ccccc2CC)cc1OC. The summed E-state index contributed by atoms with van der Waals surface area (Å²) in [6.07, 6.45) is 0.778. The fourth-order valence-electron chi connectivity index (χ4n) is 2.47. The number of aryl methyl sites for hydroxylation is 1. The second-order valence-corrected chi connectivity index (χ2v) is 5.96. The molecule has 0 radical (unpaired) electrons. The smallest absolute Gasteiger partial charge is 0.338 e. The van der Waals surface area contributed by atoms with Crippen LogP contribution in [0, 0.1) is 0 Å². The van der Waals surface area contributed by atoms with Crippen LogP contribution in [0.3, 0.4) is 0 Å². The van der Waals surface area contributed by atoms with E-state index in [9.17, 15) is 9.59 Å². The molecular weight excluding hydrogens is 370 g/mol. The van der Waals surface area contributed by atoms with Gasteiger partial charge < -0.3 is 19.5 Å². The van der Waals surface area contributed by atoms with E-state index < -0.39 is 18.5 Å². The van der Waals surface area contributed by atoms with Gasteiger partial charge in [0.2, 0.25) is 0 Å². The summed E-state index contributed by atoms with van der Waals surface area (Å²) >= 11 is 6.15. The Bertz CT molecular complexity index is 822. The predicted molar refractivity (Wildman–Crippen MR) is 104 cm³/mol. The number of anilines is 1. The number of hydrogen-bond donors (Lipinski definition) is 1. The number of hydrogen-bond acceptors (Lipinski definition) is 5. The van der Waals surface area contributed by atoms with Crippen molar-refractivity contribution in [3.63, 3.8) is 0 Å². The molecule has 0 aromatic heterocycles. The van der Waals surface area contributed by atoms with E-state index in [0.717, 1.165) is 12.0 Å². The lowest BCUT2D eigenvalue weighted by Gasteiger charge is -2.13. The van der Waals surface area contributed by atoms with Gasteiger partial charge in [0.05, 0.1) is 24.3 Å². The van der Waals surface area contributed by atoms with E-state index in [0.29, 0.717) is 23.8 Å². The summed E-state index contributed by atoms with van der Waals surface area (Å²) in [5.41, 5.74) is 1.87. The molecule has 2 aromatic carbocycles. The maximum absolute atomic E-state index is 12.3. The van der Waals surface area contributed by atoms with Gasteiger partial charge in [-0.25, -0.2) is 4.79 Å². The van der Waals surface area contributed by atoms with Crippen molar-refractivity contribution in [2.24, 2.45) is 0 Å². The fourth-order valence-corrected chi connectivity index (χ4v) is 2.74. The monoisotopic (exact) mass is 391 g/mol. The molecule has 6 nitrogen and oxygen atoms in total. The van der Waals surface area contributed by atoms with Gasteiger partial charge in [0.25, 0.3) is 5.91 Å². The quantitative estimate of drug-likeness (QED) is 0.685. The summed E-state index contributed by atoms with van der Waals surface area (Å²) in [7, 11) is 1.45. The van der Waals surface area contributed by atoms with Crippen molar-refractivity contribution < 1.29 is 23.8 Å². The minimum atomic E-state index is -0.683. The third-order valence-electron chi connectivity index (χ3n) is 3.76. The first-order valence-electron chi connectivity index (χ1n) is 8.55. The number of halogens is 1. The van der Waals surface area contributed by atoms with Crippen LogP contribution in [0.2, 0.25) is 5.02 Å². The van der Waals surface area contributed by atoms with Crippen LogP contribution < -0.4 is 14.8 Å². The molecule has 7 heteroatoms. The molecule has 2 aromatic rings. The first-order chi connectivity index (χ1) is 13.0. The van der Waals surface area contributed by atoms with Crippen molar-refractivity contribution in [2.45, 2.75) is 20.3 Å². The largest absolute Gasteiger partial charge is 0.493 e. The van der Waals surface area contributed by atoms with Crippen molar-refractivity contribution in [3.05, 3.63) is 52.5 Å². The Morgan fingerprint density at radius 2 is 1.89 bits per heavy atom. The number of rotatable bonds is 8. The molecule has 1 N–H and O–H groups in total. The zero-order valence-electron chi connectivity index (χ0n) is 15.5. The molecule has 0 saturated heterocycles. The Labute approximate surface area is 163 Å². The second-order valence-electron chi connectivity index (χ2n) is 5.56. The number of amides is 1. The van der Waals surface area contributed by atoms with Gasteiger partial charge in [-0.15, -0.1) is 0 Å². The molecule has 0 aliphatic carbocycles. The molecule has 0 atom stereocenters. The number of para-hydroxylation sites is 1. The highest BCUT2D eigenvalue weighted by atomic mass is 35.5. The van der Waals surface area contributed by atoms with Crippen LogP contribution >= 0.6 is 11.6 Å². The van der Waals surface area contributed by atoms with E-state index in [1.165, 1.54) is 19.2 Å². The minimum absolute atomic E-state index is 0.169. The third kappa shape index (κ3) is 5.37. The average molecular weight is 392 g/mol.